The second-order valence-electron chi connectivity index (χ2n) is 7.05. The van der Waals surface area contributed by atoms with Crippen LogP contribution in [0, 0.1) is 0 Å². The van der Waals surface area contributed by atoms with E-state index in [0.29, 0.717) is 32.8 Å². The Morgan fingerprint density at radius 1 is 1.07 bits per heavy atom. The van der Waals surface area contributed by atoms with Crippen molar-refractivity contribution < 1.29 is 17.9 Å². The largest absolute Gasteiger partial charge is 0.379 e. The third kappa shape index (κ3) is 5.75. The van der Waals surface area contributed by atoms with Crippen molar-refractivity contribution in [2.45, 2.75) is 25.3 Å². The highest BCUT2D eigenvalue weighted by molar-refractivity contribution is 7.89. The molecule has 2 saturated heterocycles. The molecule has 150 valence electrons. The van der Waals surface area contributed by atoms with Crippen molar-refractivity contribution in [1.82, 2.24) is 14.5 Å². The number of sulfonamides is 1. The minimum atomic E-state index is -3.40. The van der Waals surface area contributed by atoms with Gasteiger partial charge in [-0.3, -0.25) is 9.69 Å². The molecule has 0 aliphatic carbocycles. The molecule has 0 spiro atoms. The van der Waals surface area contributed by atoms with Crippen LogP contribution in [0.1, 0.15) is 30.9 Å². The van der Waals surface area contributed by atoms with Gasteiger partial charge in [-0.15, -0.1) is 0 Å². The van der Waals surface area contributed by atoms with Gasteiger partial charge in [0.25, 0.3) is 0 Å². The number of benzene rings is 1. The Bertz CT molecular complexity index is 699. The first kappa shape index (κ1) is 20.3. The molecule has 1 unspecified atom stereocenters. The van der Waals surface area contributed by atoms with Crippen LogP contribution in [-0.2, 0) is 19.6 Å². The van der Waals surface area contributed by atoms with Gasteiger partial charge in [-0.2, -0.15) is 4.31 Å². The maximum Gasteiger partial charge on any atom is 0.221 e. The molecule has 1 aromatic rings. The van der Waals surface area contributed by atoms with Crippen molar-refractivity contribution in [2.75, 3.05) is 51.7 Å². The number of hydrogen-bond donors (Lipinski definition) is 1. The Labute approximate surface area is 161 Å². The summed E-state index contributed by atoms with van der Waals surface area (Å²) in [4.78, 5) is 14.7. The molecule has 27 heavy (non-hydrogen) atoms. The van der Waals surface area contributed by atoms with Crippen molar-refractivity contribution in [3.63, 3.8) is 0 Å². The van der Waals surface area contributed by atoms with Gasteiger partial charge in [0.05, 0.1) is 25.0 Å². The first-order valence-electron chi connectivity index (χ1n) is 9.67. The summed E-state index contributed by atoms with van der Waals surface area (Å²) in [5.41, 5.74) is 1.18. The lowest BCUT2D eigenvalue weighted by Crippen LogP contribution is -2.43. The molecule has 2 fully saturated rings. The van der Waals surface area contributed by atoms with Crippen LogP contribution in [0.5, 0.6) is 0 Å². The number of carbonyl (C=O) groups is 1. The van der Waals surface area contributed by atoms with E-state index in [9.17, 15) is 13.2 Å². The van der Waals surface area contributed by atoms with Gasteiger partial charge in [-0.25, -0.2) is 8.42 Å². The number of nitrogens with zero attached hydrogens (tertiary/aromatic N) is 2. The number of hydrogen-bond acceptors (Lipinski definition) is 5. The lowest BCUT2D eigenvalue weighted by Gasteiger charge is -2.28. The molecule has 0 aromatic heterocycles. The van der Waals surface area contributed by atoms with Gasteiger partial charge in [0, 0.05) is 26.1 Å². The SMILES string of the molecule is O=C(CCS(=O)(=O)N1CCOCC1)NCC(c1ccccc1)N1CCCC1. The third-order valence-corrected chi connectivity index (χ3v) is 7.08. The van der Waals surface area contributed by atoms with Gasteiger partial charge < -0.3 is 10.1 Å². The first-order valence-corrected chi connectivity index (χ1v) is 11.3. The van der Waals surface area contributed by atoms with Gasteiger partial charge in [-0.1, -0.05) is 30.3 Å². The van der Waals surface area contributed by atoms with E-state index in [1.54, 1.807) is 0 Å². The first-order chi connectivity index (χ1) is 13.1. The Morgan fingerprint density at radius 3 is 2.41 bits per heavy atom. The Morgan fingerprint density at radius 2 is 1.74 bits per heavy atom. The molecule has 3 rings (SSSR count). The van der Waals surface area contributed by atoms with Crippen molar-refractivity contribution >= 4 is 15.9 Å². The van der Waals surface area contributed by atoms with E-state index < -0.39 is 10.0 Å². The van der Waals surface area contributed by atoms with Crippen LogP contribution in [-0.4, -0.2) is 75.2 Å². The highest BCUT2D eigenvalue weighted by atomic mass is 32.2. The number of likely N-dealkylation sites (tertiary alicyclic amines) is 1. The zero-order chi connectivity index (χ0) is 19.1. The minimum absolute atomic E-state index is 0.0127. The van der Waals surface area contributed by atoms with Crippen LogP contribution >= 0.6 is 0 Å². The Kier molecular flexibility index (Phi) is 7.23. The zero-order valence-electron chi connectivity index (χ0n) is 15.7. The molecule has 7 nitrogen and oxygen atoms in total. The van der Waals surface area contributed by atoms with Crippen LogP contribution in [0.4, 0.5) is 0 Å². The quantitative estimate of drug-likeness (QED) is 0.710. The van der Waals surface area contributed by atoms with E-state index in [1.165, 1.54) is 22.7 Å². The number of rotatable bonds is 8. The van der Waals surface area contributed by atoms with E-state index >= 15 is 0 Å². The van der Waals surface area contributed by atoms with E-state index in [1.807, 2.05) is 18.2 Å². The molecule has 1 aromatic carbocycles. The van der Waals surface area contributed by atoms with E-state index in [4.69, 9.17) is 4.74 Å². The number of amides is 1. The van der Waals surface area contributed by atoms with E-state index in [2.05, 4.69) is 22.3 Å². The summed E-state index contributed by atoms with van der Waals surface area (Å²) in [5.74, 6) is -0.370. The fraction of sp³-hybridized carbons (Fsp3) is 0.632. The monoisotopic (exact) mass is 395 g/mol. The molecule has 1 amide bonds. The van der Waals surface area contributed by atoms with Crippen LogP contribution in [0.15, 0.2) is 30.3 Å². The molecule has 0 bridgehead atoms. The minimum Gasteiger partial charge on any atom is -0.379 e. The Balaban J connectivity index is 1.51. The lowest BCUT2D eigenvalue weighted by molar-refractivity contribution is -0.120. The Hall–Kier alpha value is -1.48. The van der Waals surface area contributed by atoms with Crippen molar-refractivity contribution in [3.8, 4) is 0 Å². The molecule has 8 heteroatoms. The fourth-order valence-electron chi connectivity index (χ4n) is 3.66. The predicted octanol–water partition coefficient (Wildman–Crippen LogP) is 0.992. The van der Waals surface area contributed by atoms with Crippen molar-refractivity contribution in [1.29, 1.82) is 0 Å². The van der Waals surface area contributed by atoms with Gasteiger partial charge in [-0.05, 0) is 31.5 Å². The van der Waals surface area contributed by atoms with Crippen LogP contribution < -0.4 is 5.32 Å². The van der Waals surface area contributed by atoms with Gasteiger partial charge >= 0.3 is 0 Å². The maximum absolute atomic E-state index is 12.3. The topological polar surface area (TPSA) is 79.0 Å². The van der Waals surface area contributed by atoms with E-state index in [0.717, 1.165) is 13.1 Å². The average Bonchev–Trinajstić information content (AvgIpc) is 3.23. The van der Waals surface area contributed by atoms with Gasteiger partial charge in [0.2, 0.25) is 15.9 Å². The molecule has 0 radical (unpaired) electrons. The summed E-state index contributed by atoms with van der Waals surface area (Å²) in [5, 5.41) is 2.95. The average molecular weight is 396 g/mol. The summed E-state index contributed by atoms with van der Waals surface area (Å²) >= 11 is 0. The third-order valence-electron chi connectivity index (χ3n) is 5.21. The van der Waals surface area contributed by atoms with Gasteiger partial charge in [0.1, 0.15) is 0 Å². The highest BCUT2D eigenvalue weighted by Gasteiger charge is 2.26. The normalized spacial score (nSPS) is 20.4. The van der Waals surface area contributed by atoms with E-state index in [-0.39, 0.29) is 24.1 Å². The molecule has 1 atom stereocenters. The van der Waals surface area contributed by atoms with Crippen molar-refractivity contribution in [3.05, 3.63) is 35.9 Å². The summed E-state index contributed by atoms with van der Waals surface area (Å²) in [6, 6.07) is 10.3. The van der Waals surface area contributed by atoms with Crippen molar-refractivity contribution in [2.24, 2.45) is 0 Å². The molecule has 0 saturated carbocycles. The van der Waals surface area contributed by atoms with Crippen LogP contribution in [0.2, 0.25) is 0 Å². The number of nitrogens with one attached hydrogen (secondary N) is 1. The predicted molar refractivity (Wildman–Crippen MR) is 104 cm³/mol. The standard InChI is InChI=1S/C19H29N3O4S/c23-19(8-15-27(24,25)22-11-13-26-14-12-22)20-16-18(21-9-4-5-10-21)17-6-2-1-3-7-17/h1-3,6-7,18H,4-5,8-16H2,(H,20,23). The summed E-state index contributed by atoms with van der Waals surface area (Å²) in [6.45, 7) is 4.13. The summed E-state index contributed by atoms with van der Waals surface area (Å²) in [6.07, 6.45) is 2.34. The van der Waals surface area contributed by atoms with Crippen LogP contribution in [0.25, 0.3) is 0 Å². The molecule has 2 aliphatic heterocycles. The molecule has 1 N–H and O–H groups in total. The highest BCUT2D eigenvalue weighted by Crippen LogP contribution is 2.24. The molecular formula is C19H29N3O4S. The number of morpholine rings is 1. The molecule has 2 aliphatic rings. The fourth-order valence-corrected chi connectivity index (χ4v) is 5.07. The lowest BCUT2D eigenvalue weighted by atomic mass is 10.1. The zero-order valence-corrected chi connectivity index (χ0v) is 16.5. The van der Waals surface area contributed by atoms with Crippen LogP contribution in [0.3, 0.4) is 0 Å². The second kappa shape index (κ2) is 9.64. The second-order valence-corrected chi connectivity index (χ2v) is 9.14. The number of carbonyl (C=O) groups excluding carboxylic acids is 1. The molecule has 2 heterocycles. The number of ether oxygens (including phenoxy) is 1. The molecular weight excluding hydrogens is 366 g/mol. The summed E-state index contributed by atoms with van der Waals surface area (Å²) in [7, 11) is -3.40. The maximum atomic E-state index is 12.3. The smallest absolute Gasteiger partial charge is 0.221 e. The van der Waals surface area contributed by atoms with Gasteiger partial charge in [0.15, 0.2) is 0 Å². The summed E-state index contributed by atoms with van der Waals surface area (Å²) < 4.78 is 31.3.